The van der Waals surface area contributed by atoms with Crippen LogP contribution in [0.2, 0.25) is 0 Å². The van der Waals surface area contributed by atoms with Crippen molar-refractivity contribution >= 4 is 23.2 Å². The summed E-state index contributed by atoms with van der Waals surface area (Å²) in [5.41, 5.74) is 3.82. The fourth-order valence-corrected chi connectivity index (χ4v) is 5.46. The molecule has 0 aromatic heterocycles. The number of piperidine rings is 2. The minimum atomic E-state index is -0.153. The number of benzene rings is 2. The first-order chi connectivity index (χ1) is 19.0. The number of nitrogens with one attached hydrogen (secondary N) is 3. The minimum Gasteiger partial charge on any atom is -0.355 e. The van der Waals surface area contributed by atoms with Gasteiger partial charge in [0.15, 0.2) is 0 Å². The molecule has 8 heteroatoms. The normalized spacial score (nSPS) is 16.7. The van der Waals surface area contributed by atoms with Crippen molar-refractivity contribution in [2.24, 2.45) is 0 Å². The van der Waals surface area contributed by atoms with Crippen molar-refractivity contribution in [3.05, 3.63) is 59.2 Å². The second-order valence-corrected chi connectivity index (χ2v) is 11.1. The quantitative estimate of drug-likeness (QED) is 0.383. The first-order valence-electron chi connectivity index (χ1n) is 14.6. The predicted octanol–water partition coefficient (Wildman–Crippen LogP) is 3.92. The Hall–Kier alpha value is -2.94. The largest absolute Gasteiger partial charge is 0.355 e. The maximum Gasteiger partial charge on any atom is 0.251 e. The van der Waals surface area contributed by atoms with Crippen LogP contribution in [0, 0.1) is 0 Å². The lowest BCUT2D eigenvalue weighted by Crippen LogP contribution is -2.38. The topological polar surface area (TPSA) is 80.0 Å². The Balaban J connectivity index is 1.46. The molecule has 2 fully saturated rings. The Labute approximate surface area is 234 Å². The Morgan fingerprint density at radius 2 is 1.26 bits per heavy atom. The lowest BCUT2D eigenvalue weighted by atomic mass is 10.1. The highest BCUT2D eigenvalue weighted by atomic mass is 16.2. The molecule has 2 aromatic rings. The van der Waals surface area contributed by atoms with Gasteiger partial charge in [-0.2, -0.15) is 0 Å². The van der Waals surface area contributed by atoms with Crippen molar-refractivity contribution < 1.29 is 9.59 Å². The first-order valence-corrected chi connectivity index (χ1v) is 14.6. The predicted molar refractivity (Wildman–Crippen MR) is 159 cm³/mol. The SMILES string of the molecule is CN(C)Cc1ccccc1Nc1cc(C(=O)NCCN2CCCCC2)cc(C(=O)NCCN2CCCCC2)c1. The summed E-state index contributed by atoms with van der Waals surface area (Å²) in [5, 5.41) is 9.63. The molecule has 2 aliphatic rings. The van der Waals surface area contributed by atoms with E-state index in [1.165, 1.54) is 38.5 Å². The molecule has 2 saturated heterocycles. The van der Waals surface area contributed by atoms with Crippen LogP contribution < -0.4 is 16.0 Å². The number of anilines is 2. The summed E-state index contributed by atoms with van der Waals surface area (Å²) in [4.78, 5) is 33.3. The molecule has 0 radical (unpaired) electrons. The van der Waals surface area contributed by atoms with E-state index in [2.05, 4.69) is 36.7 Å². The van der Waals surface area contributed by atoms with Crippen LogP contribution in [0.1, 0.15) is 64.8 Å². The smallest absolute Gasteiger partial charge is 0.251 e. The van der Waals surface area contributed by atoms with E-state index in [-0.39, 0.29) is 11.8 Å². The van der Waals surface area contributed by atoms with Crippen LogP contribution in [0.25, 0.3) is 0 Å². The molecule has 2 heterocycles. The van der Waals surface area contributed by atoms with Gasteiger partial charge in [-0.1, -0.05) is 31.0 Å². The van der Waals surface area contributed by atoms with Crippen LogP contribution in [-0.4, -0.2) is 93.0 Å². The minimum absolute atomic E-state index is 0.153. The number of amides is 2. The monoisotopic (exact) mass is 534 g/mol. The number of carbonyl (C=O) groups is 2. The number of rotatable bonds is 12. The van der Waals surface area contributed by atoms with Crippen molar-refractivity contribution in [3.8, 4) is 0 Å². The molecule has 0 bridgehead atoms. The second kappa shape index (κ2) is 15.0. The van der Waals surface area contributed by atoms with Gasteiger partial charge in [0.05, 0.1) is 0 Å². The molecule has 4 rings (SSSR count). The van der Waals surface area contributed by atoms with Gasteiger partial charge in [0, 0.05) is 55.2 Å². The molecule has 0 spiro atoms. The van der Waals surface area contributed by atoms with E-state index < -0.39 is 0 Å². The molecular formula is C31H46N6O2. The van der Waals surface area contributed by atoms with Crippen LogP contribution in [0.15, 0.2) is 42.5 Å². The van der Waals surface area contributed by atoms with Crippen molar-refractivity contribution in [3.63, 3.8) is 0 Å². The zero-order valence-electron chi connectivity index (χ0n) is 23.8. The van der Waals surface area contributed by atoms with E-state index in [0.717, 1.165) is 62.8 Å². The van der Waals surface area contributed by atoms with Crippen LogP contribution >= 0.6 is 0 Å². The van der Waals surface area contributed by atoms with Crippen LogP contribution in [0.3, 0.4) is 0 Å². The Kier molecular flexibility index (Phi) is 11.2. The highest BCUT2D eigenvalue weighted by molar-refractivity contribution is 6.01. The maximum atomic E-state index is 13.2. The molecule has 2 aromatic carbocycles. The summed E-state index contributed by atoms with van der Waals surface area (Å²) in [7, 11) is 4.08. The van der Waals surface area contributed by atoms with Gasteiger partial charge in [-0.15, -0.1) is 0 Å². The number of para-hydroxylation sites is 1. The van der Waals surface area contributed by atoms with Gasteiger partial charge in [-0.05, 0) is 95.8 Å². The standard InChI is InChI=1S/C31H46N6O2/c1-35(2)24-25-11-5-6-12-29(25)34-28-22-26(30(38)32-13-19-36-15-7-3-8-16-36)21-27(23-28)31(39)33-14-20-37-17-9-4-10-18-37/h5-6,11-12,21-23,34H,3-4,7-10,13-20,24H2,1-2H3,(H,32,38)(H,33,39). The lowest BCUT2D eigenvalue weighted by molar-refractivity contribution is 0.0946. The van der Waals surface area contributed by atoms with E-state index in [0.29, 0.717) is 24.2 Å². The molecular weight excluding hydrogens is 488 g/mol. The third-order valence-electron chi connectivity index (χ3n) is 7.56. The van der Waals surface area contributed by atoms with E-state index in [9.17, 15) is 9.59 Å². The highest BCUT2D eigenvalue weighted by Gasteiger charge is 2.16. The van der Waals surface area contributed by atoms with Gasteiger partial charge in [0.1, 0.15) is 0 Å². The molecule has 2 aliphatic heterocycles. The number of hydrogen-bond acceptors (Lipinski definition) is 6. The third-order valence-corrected chi connectivity index (χ3v) is 7.56. The average molecular weight is 535 g/mol. The van der Waals surface area contributed by atoms with Gasteiger partial charge in [-0.25, -0.2) is 0 Å². The Morgan fingerprint density at radius 3 is 1.77 bits per heavy atom. The summed E-state index contributed by atoms with van der Waals surface area (Å²) < 4.78 is 0. The second-order valence-electron chi connectivity index (χ2n) is 11.1. The van der Waals surface area contributed by atoms with Crippen molar-refractivity contribution in [1.82, 2.24) is 25.3 Å². The van der Waals surface area contributed by atoms with E-state index in [1.807, 2.05) is 44.4 Å². The van der Waals surface area contributed by atoms with Crippen LogP contribution in [0.5, 0.6) is 0 Å². The molecule has 212 valence electrons. The lowest BCUT2D eigenvalue weighted by Gasteiger charge is -2.26. The van der Waals surface area contributed by atoms with E-state index in [4.69, 9.17) is 0 Å². The molecule has 8 nitrogen and oxygen atoms in total. The van der Waals surface area contributed by atoms with Crippen LogP contribution in [-0.2, 0) is 6.54 Å². The Bertz CT molecular complexity index is 1020. The zero-order valence-corrected chi connectivity index (χ0v) is 23.8. The number of hydrogen-bond donors (Lipinski definition) is 3. The van der Waals surface area contributed by atoms with Gasteiger partial charge in [0.2, 0.25) is 0 Å². The molecule has 39 heavy (non-hydrogen) atoms. The van der Waals surface area contributed by atoms with Gasteiger partial charge in [0.25, 0.3) is 11.8 Å². The molecule has 0 saturated carbocycles. The summed E-state index contributed by atoms with van der Waals surface area (Å²) in [6.45, 7) is 8.08. The van der Waals surface area contributed by atoms with Gasteiger partial charge >= 0.3 is 0 Å². The summed E-state index contributed by atoms with van der Waals surface area (Å²) >= 11 is 0. The van der Waals surface area contributed by atoms with E-state index in [1.54, 1.807) is 6.07 Å². The third kappa shape index (κ3) is 9.34. The Morgan fingerprint density at radius 1 is 0.744 bits per heavy atom. The fraction of sp³-hybridized carbons (Fsp3) is 0.548. The average Bonchev–Trinajstić information content (AvgIpc) is 2.95. The summed E-state index contributed by atoms with van der Waals surface area (Å²) in [6.07, 6.45) is 7.51. The number of carbonyl (C=O) groups excluding carboxylic acids is 2. The summed E-state index contributed by atoms with van der Waals surface area (Å²) in [5.74, 6) is -0.306. The van der Waals surface area contributed by atoms with E-state index >= 15 is 0 Å². The zero-order chi connectivity index (χ0) is 27.5. The van der Waals surface area contributed by atoms with Crippen LogP contribution in [0.4, 0.5) is 11.4 Å². The fourth-order valence-electron chi connectivity index (χ4n) is 5.46. The van der Waals surface area contributed by atoms with Gasteiger partial charge < -0.3 is 30.7 Å². The molecule has 0 unspecified atom stereocenters. The molecule has 2 amide bonds. The molecule has 0 atom stereocenters. The first kappa shape index (κ1) is 29.1. The molecule has 0 aliphatic carbocycles. The van der Waals surface area contributed by atoms with Gasteiger partial charge in [-0.3, -0.25) is 9.59 Å². The van der Waals surface area contributed by atoms with Crippen molar-refractivity contribution in [2.75, 3.05) is 71.8 Å². The van der Waals surface area contributed by atoms with Crippen molar-refractivity contribution in [1.29, 1.82) is 0 Å². The summed E-state index contributed by atoms with van der Waals surface area (Å²) in [6, 6.07) is 13.5. The maximum absolute atomic E-state index is 13.2. The number of likely N-dealkylation sites (tertiary alicyclic amines) is 2. The van der Waals surface area contributed by atoms with Crippen molar-refractivity contribution in [2.45, 2.75) is 45.1 Å². The molecule has 3 N–H and O–H groups in total. The number of nitrogens with zero attached hydrogens (tertiary/aromatic N) is 3. The highest BCUT2D eigenvalue weighted by Crippen LogP contribution is 2.24.